The third-order valence-electron chi connectivity index (χ3n) is 9.29. The number of aromatic nitrogens is 3. The Bertz CT molecular complexity index is 1640. The topological polar surface area (TPSA) is 68.0 Å². The van der Waals surface area contributed by atoms with Gasteiger partial charge in [-0.2, -0.15) is 0 Å². The van der Waals surface area contributed by atoms with Crippen LogP contribution >= 0.6 is 27.4 Å². The van der Waals surface area contributed by atoms with Gasteiger partial charge in [0.15, 0.2) is 11.6 Å². The quantitative estimate of drug-likeness (QED) is 0.161. The second-order valence-corrected chi connectivity index (χ2v) is 30.6. The zero-order valence-electron chi connectivity index (χ0n) is 37.1. The van der Waals surface area contributed by atoms with Crippen LogP contribution in [0.3, 0.4) is 0 Å². The van der Waals surface area contributed by atoms with Gasteiger partial charge in [0.2, 0.25) is 0 Å². The van der Waals surface area contributed by atoms with E-state index in [0.29, 0.717) is 54.5 Å². The minimum atomic E-state index is -1.15. The minimum absolute atomic E-state index is 0. The van der Waals surface area contributed by atoms with Gasteiger partial charge in [-0.05, 0) is 67.0 Å². The van der Waals surface area contributed by atoms with Crippen LogP contribution < -0.4 is 5.56 Å². The van der Waals surface area contributed by atoms with Gasteiger partial charge in [0.05, 0.1) is 23.9 Å². The first-order chi connectivity index (χ1) is 24.2. The van der Waals surface area contributed by atoms with Crippen molar-refractivity contribution < 1.29 is 34.3 Å². The largest absolute Gasteiger partial charge is 0.391 e. The van der Waals surface area contributed by atoms with Crippen molar-refractivity contribution in [2.45, 2.75) is 200 Å². The van der Waals surface area contributed by atoms with Crippen molar-refractivity contribution in [2.24, 2.45) is 0 Å². The second-order valence-electron chi connectivity index (χ2n) is 20.8. The van der Waals surface area contributed by atoms with E-state index >= 15 is 0 Å². The third-order valence-corrected chi connectivity index (χ3v) is 17.6. The van der Waals surface area contributed by atoms with Gasteiger partial charge in [0, 0.05) is 33.0 Å². The first-order valence-corrected chi connectivity index (χ1v) is 22.5. The number of nitrogens with zero attached hydrogens (tertiary/aromatic N) is 3. The molecule has 0 aliphatic heterocycles. The van der Waals surface area contributed by atoms with Gasteiger partial charge in [-0.3, -0.25) is 9.36 Å². The summed E-state index contributed by atoms with van der Waals surface area (Å²) in [5.41, 5.74) is -0.115. The van der Waals surface area contributed by atoms with E-state index in [1.165, 1.54) is 23.2 Å². The molecular formula is C44H72ClF2N3O2P2Pd. The number of hydrogen-bond acceptors (Lipinski definition) is 4. The molecule has 0 saturated heterocycles. The van der Waals surface area contributed by atoms with Gasteiger partial charge in [-0.25, -0.2) is 18.7 Å². The molecule has 1 saturated carbocycles. The molecule has 5 nitrogen and oxygen atoms in total. The summed E-state index contributed by atoms with van der Waals surface area (Å²) in [6.45, 7) is 42.9. The Hall–Kier alpha value is -0.858. The van der Waals surface area contributed by atoms with E-state index in [0.717, 1.165) is 12.8 Å². The summed E-state index contributed by atoms with van der Waals surface area (Å²) in [6, 6.07) is 4.15. The summed E-state index contributed by atoms with van der Waals surface area (Å²) < 4.78 is 30.5. The summed E-state index contributed by atoms with van der Waals surface area (Å²) >= 11 is 5.76. The summed E-state index contributed by atoms with van der Waals surface area (Å²) in [5, 5.41) is 13.2. The molecule has 1 fully saturated rings. The molecule has 11 heteroatoms. The van der Waals surface area contributed by atoms with Crippen LogP contribution in [0.4, 0.5) is 8.78 Å². The molecule has 3 aromatic rings. The van der Waals surface area contributed by atoms with E-state index in [9.17, 15) is 18.7 Å². The maximum atomic E-state index is 14.6. The van der Waals surface area contributed by atoms with Crippen molar-refractivity contribution in [1.82, 2.24) is 14.5 Å². The normalized spacial score (nSPS) is 17.3. The average Bonchev–Trinajstić information content (AvgIpc) is 2.93. The predicted molar refractivity (Wildman–Crippen MR) is 234 cm³/mol. The Labute approximate surface area is 354 Å². The van der Waals surface area contributed by atoms with Crippen LogP contribution in [0, 0.1) is 11.6 Å². The standard InChI is InChI=1S/C20H18ClF2N3O2.2C12H27P.Pd/c21-16-6-5-11(9-24-16)7-12-8-13-19(18(23)17(12)22)25-10-26(20(13)28)14-3-1-2-4-15(14)27;2*1-10(2,3)13(11(4,5)6)12(7,8)9;/h5-6,8-10,14-15,27H,1-4,7H2;2*1-9H3;/t14-,15-;;;/m0.../s1. The first-order valence-electron chi connectivity index (χ1n) is 19.5. The van der Waals surface area contributed by atoms with Crippen LogP contribution in [0.2, 0.25) is 5.15 Å². The van der Waals surface area contributed by atoms with Gasteiger partial charge in [-0.15, -0.1) is 0 Å². The molecule has 0 amide bonds. The molecule has 1 aliphatic rings. The minimum Gasteiger partial charge on any atom is -0.391 e. The molecule has 0 radical (unpaired) electrons. The number of halogens is 3. The van der Waals surface area contributed by atoms with E-state index < -0.39 is 29.3 Å². The molecule has 0 spiro atoms. The Balaban J connectivity index is 0.000000473. The van der Waals surface area contributed by atoms with Gasteiger partial charge >= 0.3 is 0 Å². The summed E-state index contributed by atoms with van der Waals surface area (Å²) in [6.07, 6.45) is 5.10. The molecule has 0 unspecified atom stereocenters. The molecule has 55 heavy (non-hydrogen) atoms. The van der Waals surface area contributed by atoms with E-state index in [1.54, 1.807) is 12.1 Å². The molecule has 2 heterocycles. The number of hydrogen-bond donors (Lipinski definition) is 1. The van der Waals surface area contributed by atoms with Crippen LogP contribution in [0.1, 0.15) is 167 Å². The number of fused-ring (bicyclic) bond motifs is 1. The smallest absolute Gasteiger partial charge is 0.261 e. The van der Waals surface area contributed by atoms with Crippen LogP contribution in [0.15, 0.2) is 35.5 Å². The first kappa shape index (κ1) is 52.2. The van der Waals surface area contributed by atoms with E-state index in [1.807, 2.05) is 0 Å². The summed E-state index contributed by atoms with van der Waals surface area (Å²) in [5.74, 6) is -2.19. The van der Waals surface area contributed by atoms with E-state index in [-0.39, 0.29) is 59.2 Å². The Morgan fingerprint density at radius 1 is 0.727 bits per heavy atom. The summed E-state index contributed by atoms with van der Waals surface area (Å²) in [7, 11) is 0.0324. The van der Waals surface area contributed by atoms with Gasteiger partial charge in [-0.1, -0.05) is 171 Å². The fraction of sp³-hybridized carbons (Fsp3) is 0.705. The van der Waals surface area contributed by atoms with Crippen molar-refractivity contribution in [3.05, 3.63) is 69.0 Å². The van der Waals surface area contributed by atoms with Crippen LogP contribution in [0.5, 0.6) is 0 Å². The van der Waals surface area contributed by atoms with E-state index in [4.69, 9.17) is 11.6 Å². The third kappa shape index (κ3) is 14.7. The Morgan fingerprint density at radius 3 is 1.53 bits per heavy atom. The molecule has 1 N–H and O–H groups in total. The molecule has 1 aromatic carbocycles. The van der Waals surface area contributed by atoms with Gasteiger partial charge in [0.25, 0.3) is 5.56 Å². The van der Waals surface area contributed by atoms with Gasteiger partial charge in [0.1, 0.15) is 10.7 Å². The number of rotatable bonds is 3. The van der Waals surface area contributed by atoms with Crippen LogP contribution in [-0.2, 0) is 26.8 Å². The summed E-state index contributed by atoms with van der Waals surface area (Å²) in [4.78, 5) is 20.9. The molecule has 4 rings (SSSR count). The zero-order valence-corrected chi connectivity index (χ0v) is 41.2. The Kier molecular flexibility index (Phi) is 18.5. The maximum absolute atomic E-state index is 14.6. The maximum Gasteiger partial charge on any atom is 0.261 e. The number of aliphatic hydroxyl groups excluding tert-OH is 1. The zero-order chi connectivity index (χ0) is 42.0. The van der Waals surface area contributed by atoms with Crippen molar-refractivity contribution >= 4 is 38.3 Å². The fourth-order valence-corrected chi connectivity index (χ4v) is 22.0. The van der Waals surface area contributed by atoms with Crippen molar-refractivity contribution in [2.75, 3.05) is 0 Å². The molecule has 2 aromatic heterocycles. The predicted octanol–water partition coefficient (Wildman–Crippen LogP) is 13.5. The van der Waals surface area contributed by atoms with Crippen molar-refractivity contribution in [3.8, 4) is 0 Å². The SMILES string of the molecule is CC(C)(C)P(C(C)(C)C)C(C)(C)C.CC(C)(C)P(C(C)(C)C)C(C)(C)C.O=c1c2cc(Cc3ccc(Cl)nc3)c(F)c(F)c2ncn1[C@H]1CCCC[C@@H]1O.[Pd]. The molecule has 316 valence electrons. The molecule has 0 bridgehead atoms. The number of aliphatic hydroxyl groups is 1. The van der Waals surface area contributed by atoms with Crippen LogP contribution in [0.25, 0.3) is 10.9 Å². The van der Waals surface area contributed by atoms with Gasteiger partial charge < -0.3 is 5.11 Å². The Morgan fingerprint density at radius 2 is 1.16 bits per heavy atom. The van der Waals surface area contributed by atoms with E-state index in [2.05, 4.69) is 135 Å². The number of benzene rings is 1. The van der Waals surface area contributed by atoms with Crippen molar-refractivity contribution in [3.63, 3.8) is 0 Å². The molecule has 2 atom stereocenters. The van der Waals surface area contributed by atoms with Crippen molar-refractivity contribution in [1.29, 1.82) is 0 Å². The monoisotopic (exact) mass is 915 g/mol. The number of pyridine rings is 1. The molecular weight excluding hydrogens is 844 g/mol. The fourth-order valence-electron chi connectivity index (χ4n) is 9.82. The second kappa shape index (κ2) is 19.5. The molecule has 1 aliphatic carbocycles. The van der Waals surface area contributed by atoms with Crippen LogP contribution in [-0.4, -0.2) is 56.7 Å². The average molecular weight is 917 g/mol.